The fourth-order valence-electron chi connectivity index (χ4n) is 0.167. The number of nitrogens with one attached hydrogen (secondary N) is 1. The van der Waals surface area contributed by atoms with Gasteiger partial charge in [0.1, 0.15) is 0 Å². The van der Waals surface area contributed by atoms with Crippen LogP contribution in [0, 0.1) is 0 Å². The van der Waals surface area contributed by atoms with Gasteiger partial charge in [-0.1, -0.05) is 0 Å². The van der Waals surface area contributed by atoms with Gasteiger partial charge >= 0.3 is 80.9 Å². The van der Waals surface area contributed by atoms with Crippen LogP contribution in [0.15, 0.2) is 12.4 Å². The molecule has 7 heavy (non-hydrogen) atoms. The van der Waals surface area contributed by atoms with Crippen LogP contribution >= 0.6 is 0 Å². The van der Waals surface area contributed by atoms with Gasteiger partial charge in [-0.15, -0.1) is 0 Å². The van der Waals surface area contributed by atoms with E-state index in [-0.39, 0.29) is 83.8 Å². The summed E-state index contributed by atoms with van der Waals surface area (Å²) in [6, 6.07) is 0. The molecule has 0 atom stereocenters. The van der Waals surface area contributed by atoms with E-state index in [1.54, 1.807) is 12.4 Å². The van der Waals surface area contributed by atoms with Crippen molar-refractivity contribution >= 4 is 0 Å². The molecule has 30 valence electrons. The zero-order valence-electron chi connectivity index (χ0n) is 6.55. The van der Waals surface area contributed by atoms with E-state index in [2.05, 4.69) is 15.4 Å². The molecule has 0 aromatic carbocycles. The summed E-state index contributed by atoms with van der Waals surface area (Å²) < 4.78 is 0. The topological polar surface area (TPSA) is 41.6 Å². The van der Waals surface area contributed by atoms with Crippen LogP contribution in [-0.4, -0.2) is 15.4 Å². The van der Waals surface area contributed by atoms with Crippen molar-refractivity contribution in [2.45, 2.75) is 0 Å². The molecule has 1 aromatic heterocycles. The Labute approximate surface area is 109 Å². The predicted molar refractivity (Wildman–Crippen MR) is 18.6 cm³/mol. The minimum absolute atomic E-state index is 0. The largest absolute Gasteiger partial charge is 1.00 e. The van der Waals surface area contributed by atoms with Gasteiger partial charge in [-0.3, -0.25) is 0 Å². The van der Waals surface area contributed by atoms with E-state index >= 15 is 0 Å². The Balaban J connectivity index is -0.0000000312. The van der Waals surface area contributed by atoms with Gasteiger partial charge < -0.3 is 2.85 Å². The maximum Gasteiger partial charge on any atom is 1.00 e. The van der Waals surface area contributed by atoms with Gasteiger partial charge in [-0.05, 0) is 0 Å². The minimum atomic E-state index is 0. The number of aromatic amines is 1. The average Bonchev–Trinajstić information content (AvgIpc) is 1.76. The van der Waals surface area contributed by atoms with Crippen molar-refractivity contribution in [3.63, 3.8) is 0 Å². The molecule has 0 aliphatic carbocycles. The number of hydrogen-bond donors (Lipinski definition) is 1. The summed E-state index contributed by atoms with van der Waals surface area (Å²) >= 11 is 0. The van der Waals surface area contributed by atoms with Crippen LogP contribution in [0.25, 0.3) is 0 Å². The van der Waals surface area contributed by atoms with Crippen LogP contribution in [-0.2, 0) is 0 Å². The standard InChI is InChI=1S/C2H3N3.K.Na.2H/c1-2-4-5-3-1;;;;/h1-2H,(H,3,4,5);;;;/q;2*+1;2*-1. The van der Waals surface area contributed by atoms with Crippen LogP contribution < -0.4 is 80.9 Å². The van der Waals surface area contributed by atoms with Crippen molar-refractivity contribution in [1.29, 1.82) is 0 Å². The van der Waals surface area contributed by atoms with E-state index in [1.807, 2.05) is 0 Å². The average molecular weight is 133 g/mol. The molecule has 0 saturated carbocycles. The second-order valence-corrected chi connectivity index (χ2v) is 0.656. The Hall–Kier alpha value is 1.78. The second-order valence-electron chi connectivity index (χ2n) is 0.656. The van der Waals surface area contributed by atoms with Crippen molar-refractivity contribution in [2.24, 2.45) is 0 Å². The number of aromatic nitrogens is 3. The zero-order chi connectivity index (χ0) is 3.54. The maximum absolute atomic E-state index is 3.49. The molecule has 1 N–H and O–H groups in total. The molecular weight excluding hydrogens is 128 g/mol. The van der Waals surface area contributed by atoms with Crippen LogP contribution in [0.4, 0.5) is 0 Å². The fraction of sp³-hybridized carbons (Fsp3) is 0. The molecule has 0 amide bonds. The molecule has 0 unspecified atom stereocenters. The van der Waals surface area contributed by atoms with Crippen molar-refractivity contribution in [3.8, 4) is 0 Å². The third-order valence-corrected chi connectivity index (χ3v) is 0.331. The molecule has 1 rings (SSSR count). The first-order valence-corrected chi connectivity index (χ1v) is 1.30. The Morgan fingerprint density at radius 3 is 1.86 bits per heavy atom. The first-order chi connectivity index (χ1) is 2.50. The molecule has 1 heterocycles. The summed E-state index contributed by atoms with van der Waals surface area (Å²) in [6.07, 6.45) is 3.17. The molecular formula is C2H5KN3Na. The molecule has 0 radical (unpaired) electrons. The molecule has 5 heteroatoms. The van der Waals surface area contributed by atoms with Crippen molar-refractivity contribution in [1.82, 2.24) is 15.4 Å². The first-order valence-electron chi connectivity index (χ1n) is 1.30. The summed E-state index contributed by atoms with van der Waals surface area (Å²) in [7, 11) is 0. The van der Waals surface area contributed by atoms with Gasteiger partial charge in [0, 0.05) is 0 Å². The van der Waals surface area contributed by atoms with Crippen molar-refractivity contribution < 1.29 is 83.8 Å². The van der Waals surface area contributed by atoms with Gasteiger partial charge in [-0.25, -0.2) is 0 Å². The second kappa shape index (κ2) is 7.78. The van der Waals surface area contributed by atoms with E-state index in [9.17, 15) is 0 Å². The maximum atomic E-state index is 3.49. The number of hydrogen-bond acceptors (Lipinski definition) is 2. The van der Waals surface area contributed by atoms with Gasteiger partial charge in [0.15, 0.2) is 0 Å². The Morgan fingerprint density at radius 2 is 1.71 bits per heavy atom. The van der Waals surface area contributed by atoms with Gasteiger partial charge in [0.05, 0.1) is 12.4 Å². The monoisotopic (exact) mass is 133 g/mol. The number of H-pyrrole nitrogens is 1. The Kier molecular flexibility index (Phi) is 12.8. The third-order valence-electron chi connectivity index (χ3n) is 0.331. The summed E-state index contributed by atoms with van der Waals surface area (Å²) in [5, 5.41) is 9.33. The van der Waals surface area contributed by atoms with Gasteiger partial charge in [0.2, 0.25) is 0 Å². The van der Waals surface area contributed by atoms with E-state index in [4.69, 9.17) is 0 Å². The molecule has 1 aromatic rings. The smallest absolute Gasteiger partial charge is 1.00 e. The van der Waals surface area contributed by atoms with Crippen LogP contribution in [0.1, 0.15) is 2.85 Å². The molecule has 0 aliphatic rings. The molecule has 0 saturated heterocycles. The minimum Gasteiger partial charge on any atom is -1.00 e. The Morgan fingerprint density at radius 1 is 1.29 bits per heavy atom. The molecule has 0 spiro atoms. The summed E-state index contributed by atoms with van der Waals surface area (Å²) in [5.74, 6) is 0. The van der Waals surface area contributed by atoms with Gasteiger partial charge in [0.25, 0.3) is 0 Å². The van der Waals surface area contributed by atoms with Crippen molar-refractivity contribution in [2.75, 3.05) is 0 Å². The van der Waals surface area contributed by atoms with E-state index in [0.29, 0.717) is 0 Å². The molecule has 3 nitrogen and oxygen atoms in total. The van der Waals surface area contributed by atoms with E-state index < -0.39 is 0 Å². The third kappa shape index (κ3) is 5.65. The normalized spacial score (nSPS) is 5.71. The quantitative estimate of drug-likeness (QED) is 0.358. The van der Waals surface area contributed by atoms with Gasteiger partial charge in [-0.2, -0.15) is 15.4 Å². The summed E-state index contributed by atoms with van der Waals surface area (Å²) in [5.41, 5.74) is 0. The molecule has 0 aliphatic heterocycles. The molecule has 0 bridgehead atoms. The van der Waals surface area contributed by atoms with Crippen molar-refractivity contribution in [3.05, 3.63) is 12.4 Å². The van der Waals surface area contributed by atoms with Crippen LogP contribution in [0.3, 0.4) is 0 Å². The van der Waals surface area contributed by atoms with E-state index in [1.165, 1.54) is 0 Å². The van der Waals surface area contributed by atoms with Crippen LogP contribution in [0.2, 0.25) is 0 Å². The first kappa shape index (κ1) is 11.6. The van der Waals surface area contributed by atoms with Crippen LogP contribution in [0.5, 0.6) is 0 Å². The number of rotatable bonds is 0. The fourth-order valence-corrected chi connectivity index (χ4v) is 0.167. The van der Waals surface area contributed by atoms with E-state index in [0.717, 1.165) is 0 Å². The summed E-state index contributed by atoms with van der Waals surface area (Å²) in [4.78, 5) is 0. The summed E-state index contributed by atoms with van der Waals surface area (Å²) in [6.45, 7) is 0. The Bertz CT molecular complexity index is 76.3. The SMILES string of the molecule is [H-].[H-].[K+].[Na+].c1cn[nH]n1. The molecule has 0 fully saturated rings. The number of nitrogens with zero attached hydrogens (tertiary/aromatic N) is 2. The zero-order valence-corrected chi connectivity index (χ0v) is 9.67. The predicted octanol–water partition coefficient (Wildman–Crippen LogP) is -5.96.